The Kier molecular flexibility index (Phi) is 3.98. The molecule has 4 nitrogen and oxygen atoms in total. The van der Waals surface area contributed by atoms with Crippen molar-refractivity contribution in [2.45, 2.75) is 25.5 Å². The third-order valence-electron chi connectivity index (χ3n) is 2.04. The molecule has 0 heterocycles. The normalized spacial score (nSPS) is 14.1. The van der Waals surface area contributed by atoms with Gasteiger partial charge in [0.25, 0.3) is 0 Å². The molecule has 0 fully saturated rings. The number of azide groups is 1. The number of benzene rings is 1. The molecule has 0 saturated carbocycles. The summed E-state index contributed by atoms with van der Waals surface area (Å²) in [6, 6.07) is 9.27. The Hall–Kier alpha value is -1.51. The maximum atomic E-state index is 9.34. The molecule has 0 aliphatic rings. The minimum Gasteiger partial charge on any atom is -0.393 e. The number of rotatable bonds is 4. The molecule has 0 bridgehead atoms. The van der Waals surface area contributed by atoms with Gasteiger partial charge in [-0.05, 0) is 24.4 Å². The number of aliphatic hydroxyl groups is 1. The van der Waals surface area contributed by atoms with Crippen molar-refractivity contribution in [3.05, 3.63) is 46.3 Å². The molecule has 74 valence electrons. The van der Waals surface area contributed by atoms with Crippen LogP contribution in [0.1, 0.15) is 12.5 Å². The van der Waals surface area contributed by atoms with E-state index in [0.29, 0.717) is 6.42 Å². The lowest BCUT2D eigenvalue weighted by atomic mass is 10.0. The van der Waals surface area contributed by atoms with E-state index >= 15 is 0 Å². The number of aliphatic hydroxyl groups excluding tert-OH is 1. The minimum atomic E-state index is -0.619. The van der Waals surface area contributed by atoms with Crippen LogP contribution in [0.4, 0.5) is 0 Å². The summed E-state index contributed by atoms with van der Waals surface area (Å²) in [6.45, 7) is 1.63. The summed E-state index contributed by atoms with van der Waals surface area (Å²) in [5.41, 5.74) is 9.37. The van der Waals surface area contributed by atoms with Gasteiger partial charge in [0.05, 0.1) is 12.1 Å². The molecule has 0 amide bonds. The molecule has 0 unspecified atom stereocenters. The van der Waals surface area contributed by atoms with Crippen LogP contribution in [-0.4, -0.2) is 17.3 Å². The smallest absolute Gasteiger partial charge is 0.0671 e. The highest BCUT2D eigenvalue weighted by atomic mass is 16.3. The topological polar surface area (TPSA) is 69.0 Å². The summed E-state index contributed by atoms with van der Waals surface area (Å²) in [5, 5.41) is 12.9. The second-order valence-corrected chi connectivity index (χ2v) is 3.20. The van der Waals surface area contributed by atoms with Crippen molar-refractivity contribution in [1.29, 1.82) is 0 Å². The standard InChI is InChI=1S/C10H13N3O/c1-8(14)10(12-13-11)7-9-5-3-2-4-6-9/h2-6,8,10,14H,7H2,1H3/t8-,10+/m0/s1. The second kappa shape index (κ2) is 5.27. The summed E-state index contributed by atoms with van der Waals surface area (Å²) in [6.07, 6.45) is -0.0474. The second-order valence-electron chi connectivity index (χ2n) is 3.20. The molecule has 1 aromatic rings. The van der Waals surface area contributed by atoms with E-state index in [-0.39, 0.29) is 6.04 Å². The van der Waals surface area contributed by atoms with Crippen LogP contribution in [0.15, 0.2) is 35.4 Å². The predicted molar refractivity (Wildman–Crippen MR) is 54.8 cm³/mol. The highest BCUT2D eigenvalue weighted by Gasteiger charge is 2.12. The first-order valence-corrected chi connectivity index (χ1v) is 4.50. The zero-order valence-corrected chi connectivity index (χ0v) is 8.04. The number of nitrogens with zero attached hydrogens (tertiary/aromatic N) is 3. The van der Waals surface area contributed by atoms with Crippen LogP contribution < -0.4 is 0 Å². The monoisotopic (exact) mass is 191 g/mol. The van der Waals surface area contributed by atoms with E-state index in [0.717, 1.165) is 5.56 Å². The van der Waals surface area contributed by atoms with E-state index < -0.39 is 6.10 Å². The Morgan fingerprint density at radius 3 is 2.57 bits per heavy atom. The van der Waals surface area contributed by atoms with Gasteiger partial charge in [-0.3, -0.25) is 0 Å². The Morgan fingerprint density at radius 1 is 1.43 bits per heavy atom. The maximum absolute atomic E-state index is 9.34. The van der Waals surface area contributed by atoms with E-state index in [2.05, 4.69) is 10.0 Å². The van der Waals surface area contributed by atoms with Crippen molar-refractivity contribution in [3.63, 3.8) is 0 Å². The van der Waals surface area contributed by atoms with Crippen molar-refractivity contribution < 1.29 is 5.11 Å². The van der Waals surface area contributed by atoms with E-state index in [1.165, 1.54) is 0 Å². The first kappa shape index (κ1) is 10.6. The molecular formula is C10H13N3O. The van der Waals surface area contributed by atoms with Gasteiger partial charge >= 0.3 is 0 Å². The Balaban J connectivity index is 2.70. The van der Waals surface area contributed by atoms with Crippen LogP contribution >= 0.6 is 0 Å². The van der Waals surface area contributed by atoms with Gasteiger partial charge in [0.1, 0.15) is 0 Å². The third kappa shape index (κ3) is 3.09. The van der Waals surface area contributed by atoms with Gasteiger partial charge < -0.3 is 5.11 Å². The van der Waals surface area contributed by atoms with Crippen molar-refractivity contribution in [3.8, 4) is 0 Å². The van der Waals surface area contributed by atoms with E-state index in [4.69, 9.17) is 5.53 Å². The fourth-order valence-corrected chi connectivity index (χ4v) is 1.23. The van der Waals surface area contributed by atoms with Crippen LogP contribution in [0.2, 0.25) is 0 Å². The molecule has 0 radical (unpaired) electrons. The molecule has 0 saturated heterocycles. The summed E-state index contributed by atoms with van der Waals surface area (Å²) in [5.74, 6) is 0. The molecular weight excluding hydrogens is 178 g/mol. The molecule has 0 aromatic heterocycles. The van der Waals surface area contributed by atoms with E-state index in [1.807, 2.05) is 30.3 Å². The first-order valence-electron chi connectivity index (χ1n) is 4.50. The number of hydrogen-bond donors (Lipinski definition) is 1. The van der Waals surface area contributed by atoms with Gasteiger partial charge in [0.15, 0.2) is 0 Å². The molecule has 0 spiro atoms. The van der Waals surface area contributed by atoms with Gasteiger partial charge in [-0.25, -0.2) is 0 Å². The quantitative estimate of drug-likeness (QED) is 0.442. The zero-order valence-electron chi connectivity index (χ0n) is 8.04. The summed E-state index contributed by atoms with van der Waals surface area (Å²) >= 11 is 0. The van der Waals surface area contributed by atoms with Crippen molar-refractivity contribution in [2.24, 2.45) is 5.11 Å². The van der Waals surface area contributed by atoms with Gasteiger partial charge in [0.2, 0.25) is 0 Å². The van der Waals surface area contributed by atoms with Crippen LogP contribution in [0.3, 0.4) is 0 Å². The maximum Gasteiger partial charge on any atom is 0.0671 e. The van der Waals surface area contributed by atoms with E-state index in [1.54, 1.807) is 6.92 Å². The molecule has 1 aromatic carbocycles. The Bertz CT molecular complexity index is 317. The van der Waals surface area contributed by atoms with Crippen LogP contribution in [-0.2, 0) is 6.42 Å². The fraction of sp³-hybridized carbons (Fsp3) is 0.400. The van der Waals surface area contributed by atoms with Gasteiger partial charge in [-0.1, -0.05) is 35.4 Å². The number of hydrogen-bond acceptors (Lipinski definition) is 2. The highest BCUT2D eigenvalue weighted by molar-refractivity contribution is 5.16. The largest absolute Gasteiger partial charge is 0.393 e. The summed E-state index contributed by atoms with van der Waals surface area (Å²) in [7, 11) is 0. The van der Waals surface area contributed by atoms with Gasteiger partial charge in [-0.15, -0.1) is 0 Å². The van der Waals surface area contributed by atoms with Crippen molar-refractivity contribution in [1.82, 2.24) is 0 Å². The van der Waals surface area contributed by atoms with E-state index in [9.17, 15) is 5.11 Å². The molecule has 14 heavy (non-hydrogen) atoms. The average molecular weight is 191 g/mol. The lowest BCUT2D eigenvalue weighted by Gasteiger charge is -2.13. The SMILES string of the molecule is C[C@H](O)[C@@H](Cc1ccccc1)N=[N+]=[N-]. The highest BCUT2D eigenvalue weighted by Crippen LogP contribution is 2.09. The summed E-state index contributed by atoms with van der Waals surface area (Å²) in [4.78, 5) is 2.72. The molecule has 1 N–H and O–H groups in total. The average Bonchev–Trinajstić information content (AvgIpc) is 2.18. The lowest BCUT2D eigenvalue weighted by molar-refractivity contribution is 0.163. The Morgan fingerprint density at radius 2 is 2.07 bits per heavy atom. The first-order chi connectivity index (χ1) is 6.74. The molecule has 0 aliphatic heterocycles. The lowest BCUT2D eigenvalue weighted by Crippen LogP contribution is -2.22. The van der Waals surface area contributed by atoms with Crippen LogP contribution in [0.25, 0.3) is 10.4 Å². The Labute approximate surface area is 82.8 Å². The van der Waals surface area contributed by atoms with Crippen molar-refractivity contribution in [2.75, 3.05) is 0 Å². The van der Waals surface area contributed by atoms with Crippen molar-refractivity contribution >= 4 is 0 Å². The fourth-order valence-electron chi connectivity index (χ4n) is 1.23. The van der Waals surface area contributed by atoms with Gasteiger partial charge in [0, 0.05) is 4.91 Å². The third-order valence-corrected chi connectivity index (χ3v) is 2.04. The molecule has 2 atom stereocenters. The molecule has 1 rings (SSSR count). The molecule has 0 aliphatic carbocycles. The molecule has 4 heteroatoms. The predicted octanol–water partition coefficient (Wildman–Crippen LogP) is 2.29. The van der Waals surface area contributed by atoms with Crippen LogP contribution in [0.5, 0.6) is 0 Å². The minimum absolute atomic E-state index is 0.387. The zero-order chi connectivity index (χ0) is 10.4. The van der Waals surface area contributed by atoms with Gasteiger partial charge in [-0.2, -0.15) is 0 Å². The van der Waals surface area contributed by atoms with Crippen LogP contribution in [0, 0.1) is 0 Å². The summed E-state index contributed by atoms with van der Waals surface area (Å²) < 4.78 is 0.